The molecule has 17 amide bonds. The molecule has 2 heterocycles. The SMILES string of the molecule is CCCC[C@H](NC(=O)[C@H](CCC(N)=O)NC(C)=O)C(=O)N[C@H]1CSc2[nH]c3ccccc3c2C[C@@H](C(=O)N[C@@H](CC(C)C)C(=O)N[C@@H](CCC(N)=O)C(=O)N[C@@H](CC(C)C)C(=O)N[C@@H](CCCNC(=N)N)C(=O)N[C@@H](CCC(N)=O)C(=O)N[C@@H](CCCNC(=N)N)C(N)=O)NC(=O)[C@H](CC(C)C)NC(=O)[C@H](CC(=O)O)NC(=O)[C@H](CO)NC1=O. The van der Waals surface area contributed by atoms with Crippen molar-refractivity contribution in [1.82, 2.24) is 84.7 Å². The van der Waals surface area contributed by atoms with E-state index in [1.54, 1.807) is 72.7 Å². The van der Waals surface area contributed by atoms with Crippen molar-refractivity contribution in [2.75, 3.05) is 25.4 Å². The van der Waals surface area contributed by atoms with Crippen molar-refractivity contribution in [2.45, 2.75) is 255 Å². The number of primary amides is 4. The molecule has 32 N–H and O–H groups in total. The molecule has 1 aromatic carbocycles. The highest BCUT2D eigenvalue weighted by atomic mass is 32.2. The summed E-state index contributed by atoms with van der Waals surface area (Å²) in [5.41, 5.74) is 33.5. The Kier molecular flexibility index (Phi) is 43.7. The summed E-state index contributed by atoms with van der Waals surface area (Å²) in [5.74, 6) is -21.4. The summed E-state index contributed by atoms with van der Waals surface area (Å²) in [6.07, 6.45) is -4.13. The number of guanidine groups is 2. The number of carbonyl (C=O) groups is 18. The Labute approximate surface area is 692 Å². The Morgan fingerprint density at radius 2 is 0.916 bits per heavy atom. The van der Waals surface area contributed by atoms with Crippen LogP contribution in [0.3, 0.4) is 0 Å². The maximum atomic E-state index is 15.6. The number of para-hydroxylation sites is 1. The molecule has 1 aliphatic heterocycles. The van der Waals surface area contributed by atoms with Crippen molar-refractivity contribution in [1.29, 1.82) is 10.8 Å². The van der Waals surface area contributed by atoms with Gasteiger partial charge >= 0.3 is 5.97 Å². The highest BCUT2D eigenvalue weighted by Crippen LogP contribution is 2.32. The van der Waals surface area contributed by atoms with Crippen LogP contribution in [0, 0.1) is 28.6 Å². The Hall–Kier alpha value is -11.9. The van der Waals surface area contributed by atoms with Crippen molar-refractivity contribution < 1.29 is 96.5 Å². The van der Waals surface area contributed by atoms with Crippen molar-refractivity contribution in [2.24, 2.45) is 52.2 Å². The third-order valence-electron chi connectivity index (χ3n) is 18.4. The maximum Gasteiger partial charge on any atom is 0.305 e. The Bertz CT molecular complexity index is 3940. The molecule has 45 heteroatoms. The molecule has 2 aromatic rings. The number of aliphatic hydroxyl groups is 1. The highest BCUT2D eigenvalue weighted by Gasteiger charge is 2.40. The predicted molar refractivity (Wildman–Crippen MR) is 434 cm³/mol. The molecule has 0 unspecified atom stereocenters. The number of aromatic amines is 1. The van der Waals surface area contributed by atoms with Crippen molar-refractivity contribution >= 4 is 141 Å². The molecule has 0 saturated carbocycles. The van der Waals surface area contributed by atoms with Crippen LogP contribution in [0.2, 0.25) is 0 Å². The summed E-state index contributed by atoms with van der Waals surface area (Å²) in [7, 11) is 0. The summed E-state index contributed by atoms with van der Waals surface area (Å²) in [4.78, 5) is 252. The van der Waals surface area contributed by atoms with Crippen LogP contribution in [0.1, 0.15) is 170 Å². The van der Waals surface area contributed by atoms with Crippen LogP contribution in [0.15, 0.2) is 29.3 Å². The molecular formula is C74H120N24O20S. The van der Waals surface area contributed by atoms with E-state index in [1.807, 2.05) is 0 Å². The van der Waals surface area contributed by atoms with Gasteiger partial charge in [0.25, 0.3) is 0 Å². The minimum Gasteiger partial charge on any atom is -0.481 e. The first-order valence-electron chi connectivity index (χ1n) is 39.2. The molecular weight excluding hydrogens is 1580 g/mol. The molecule has 13 atom stereocenters. The number of thioether (sulfide) groups is 1. The van der Waals surface area contributed by atoms with Crippen molar-refractivity contribution in [3.63, 3.8) is 0 Å². The van der Waals surface area contributed by atoms with E-state index in [0.29, 0.717) is 23.7 Å². The largest absolute Gasteiger partial charge is 0.481 e. The summed E-state index contributed by atoms with van der Waals surface area (Å²) < 4.78 is 0. The lowest BCUT2D eigenvalue weighted by Crippen LogP contribution is -2.62. The van der Waals surface area contributed by atoms with Gasteiger partial charge in [-0.05, 0) is 100 Å². The number of unbranched alkanes of at least 4 members (excludes halogenated alkanes) is 1. The highest BCUT2D eigenvalue weighted by molar-refractivity contribution is 7.99. The van der Waals surface area contributed by atoms with Gasteiger partial charge in [-0.3, -0.25) is 97.1 Å². The van der Waals surface area contributed by atoms with Crippen molar-refractivity contribution in [3.8, 4) is 0 Å². The number of aliphatic hydroxyl groups excluding tert-OH is 1. The minimum atomic E-state index is -2.03. The smallest absolute Gasteiger partial charge is 0.305 e. The van der Waals surface area contributed by atoms with Crippen LogP contribution in [0.4, 0.5) is 0 Å². The number of rotatable bonds is 47. The molecule has 0 saturated heterocycles. The number of carboxylic acid groups (broad SMARTS) is 1. The number of amides is 17. The van der Waals surface area contributed by atoms with E-state index in [0.717, 1.165) is 18.7 Å². The quantitative estimate of drug-likeness (QED) is 0.0167. The number of benzene rings is 1. The minimum absolute atomic E-state index is 0.0211. The molecule has 0 aliphatic carbocycles. The second-order valence-corrected chi connectivity index (χ2v) is 31.2. The zero-order valence-corrected chi connectivity index (χ0v) is 69.0. The molecule has 0 bridgehead atoms. The van der Waals surface area contributed by atoms with E-state index in [4.69, 9.17) is 45.2 Å². The van der Waals surface area contributed by atoms with Gasteiger partial charge in [-0.1, -0.05) is 79.5 Å². The van der Waals surface area contributed by atoms with Crippen LogP contribution >= 0.6 is 11.8 Å². The first-order chi connectivity index (χ1) is 55.9. The summed E-state index contributed by atoms with van der Waals surface area (Å²) >= 11 is 0.870. The third-order valence-corrected chi connectivity index (χ3v) is 19.6. The van der Waals surface area contributed by atoms with Crippen LogP contribution < -0.4 is 114 Å². The lowest BCUT2D eigenvalue weighted by Gasteiger charge is -2.29. The molecule has 44 nitrogen and oxygen atoms in total. The normalized spacial score (nSPS) is 18.0. The lowest BCUT2D eigenvalue weighted by molar-refractivity contribution is -0.142. The topological polar surface area (TPSA) is 748 Å². The third kappa shape index (κ3) is 37.5. The van der Waals surface area contributed by atoms with Gasteiger partial charge in [0.05, 0.1) is 18.1 Å². The van der Waals surface area contributed by atoms with Crippen LogP contribution in [-0.2, 0) is 92.7 Å². The number of nitrogens with two attached hydrogens (primary N) is 6. The second-order valence-electron chi connectivity index (χ2n) is 30.2. The Morgan fingerprint density at radius 3 is 1.37 bits per heavy atom. The number of nitrogens with one attached hydrogen (secondary N) is 18. The van der Waals surface area contributed by atoms with Crippen LogP contribution in [0.5, 0.6) is 0 Å². The lowest BCUT2D eigenvalue weighted by atomic mass is 9.98. The molecule has 0 spiro atoms. The number of hydrogen-bond acceptors (Lipinski definition) is 22. The number of aliphatic carboxylic acids is 1. The Morgan fingerprint density at radius 1 is 0.504 bits per heavy atom. The maximum absolute atomic E-state index is 15.6. The number of carbonyl (C=O) groups excluding carboxylic acids is 17. The zero-order chi connectivity index (χ0) is 89.5. The molecule has 662 valence electrons. The van der Waals surface area contributed by atoms with Gasteiger partial charge in [-0.2, -0.15) is 0 Å². The number of carboxylic acids is 1. The molecule has 1 aliphatic rings. The van der Waals surface area contributed by atoms with Gasteiger partial charge in [0.15, 0.2) is 11.9 Å². The molecule has 119 heavy (non-hydrogen) atoms. The van der Waals surface area contributed by atoms with Crippen LogP contribution in [0.25, 0.3) is 10.9 Å². The zero-order valence-electron chi connectivity index (χ0n) is 68.2. The fourth-order valence-corrected chi connectivity index (χ4v) is 13.5. The van der Waals surface area contributed by atoms with Crippen molar-refractivity contribution in [3.05, 3.63) is 29.8 Å². The molecule has 1 aromatic heterocycles. The van der Waals surface area contributed by atoms with E-state index in [-0.39, 0.29) is 93.8 Å². The Balaban J connectivity index is 2.26. The van der Waals surface area contributed by atoms with E-state index >= 15 is 14.4 Å². The van der Waals surface area contributed by atoms with Gasteiger partial charge in [0.2, 0.25) is 100 Å². The van der Waals surface area contributed by atoms with Gasteiger partial charge in [-0.15, -0.1) is 11.8 Å². The average Bonchev–Trinajstić information content (AvgIpc) is 1.65. The number of H-pyrrole nitrogens is 1. The average molecular weight is 1700 g/mol. The fourth-order valence-electron chi connectivity index (χ4n) is 12.4. The summed E-state index contributed by atoms with van der Waals surface area (Å²) in [6.45, 7) is 11.9. The predicted octanol–water partition coefficient (Wildman–Crippen LogP) is -6.26. The van der Waals surface area contributed by atoms with E-state index in [2.05, 4.69) is 84.7 Å². The van der Waals surface area contributed by atoms with E-state index in [9.17, 15) is 82.1 Å². The van der Waals surface area contributed by atoms with Gasteiger partial charge < -0.3 is 129 Å². The van der Waals surface area contributed by atoms with E-state index in [1.165, 1.54) is 0 Å². The number of hydrogen-bond donors (Lipinski definition) is 26. The standard InChI is InChI=1S/C74H120N24O20S/c1-9-10-16-43(87-62(109)45(85-38(8)100)20-23-55(75)101)61(108)97-54-34-119-72-40(39-15-11-12-17-41(39)98-72)31-51(94-67(114)50(30-37(6)7)93-69(116)52(32-58(104)105)95-70(117)53(33-99)96-71(54)118)68(115)92-49(29-36(4)5)66(113)90-47(22-25-57(77)103)64(111)91-48(28-35(2)3)65(112)88-44(19-14-27-84-74(81)82)60(107)89-46(21-24-56(76)102)63(110)86-42(59(78)106)18-13-26-83-73(79)80/h11-12,15,17,35-37,42-54,98-99H,9-10,13-14,16,18-34H2,1-8H3,(H2,75,101)(H2,76,102)(H2,77,103)(H2,78,106)(H,85,100)(H,86,110)(H,87,109)(H,88,112)(H,89,107)(H,90,113)(H,91,111)(H,92,115)(H,93,116)(H,94,114)(H,95,117)(H,96,118)(H,97,108)(H,104,105)(H4,79,80,83)(H4,81,82,84)/t42-,43-,44-,45-,46-,47-,48-,49-,50-,51-,52-,53-,54-/m0/s1. The van der Waals surface area contributed by atoms with E-state index < -0.39 is 260 Å². The van der Waals surface area contributed by atoms with Gasteiger partial charge in [-0.25, -0.2) is 0 Å². The summed E-state index contributed by atoms with van der Waals surface area (Å²) in [5, 5.41) is 74.2. The summed E-state index contributed by atoms with van der Waals surface area (Å²) in [6, 6.07) is -14.8. The monoisotopic (exact) mass is 1700 g/mol. The first-order valence-corrected chi connectivity index (χ1v) is 40.2. The van der Waals surface area contributed by atoms with Gasteiger partial charge in [0.1, 0.15) is 78.5 Å². The van der Waals surface area contributed by atoms with Gasteiger partial charge in [0, 0.05) is 62.4 Å². The number of fused-ring (bicyclic) bond motifs is 3. The van der Waals surface area contributed by atoms with Crippen LogP contribution in [-0.4, -0.2) is 238 Å². The molecule has 0 radical (unpaired) electrons. The number of aromatic nitrogens is 1. The molecule has 3 rings (SSSR count). The first kappa shape index (κ1) is 101. The fraction of sp³-hybridized carbons (Fsp3) is 0.622. The molecule has 0 fully saturated rings. The second kappa shape index (κ2) is 51.3.